The standard InChI is InChI=1S/C20H19FN2O4S2/c1-13(24)14-4-2-5-16(12-14)29(25,26)23-10-8-15(9-11-23)27-20-22-19-17(21)6-3-7-18(19)28-20/h2-7,12,15H,8-11H2,1H3. The molecule has 1 aliphatic heterocycles. The second-order valence-corrected chi connectivity index (χ2v) is 9.80. The Morgan fingerprint density at radius 3 is 2.62 bits per heavy atom. The highest BCUT2D eigenvalue weighted by molar-refractivity contribution is 7.89. The van der Waals surface area contributed by atoms with E-state index in [0.717, 1.165) is 0 Å². The molecule has 1 aliphatic rings. The number of sulfonamides is 1. The van der Waals surface area contributed by atoms with Crippen molar-refractivity contribution in [2.45, 2.75) is 30.8 Å². The molecule has 9 heteroatoms. The molecule has 29 heavy (non-hydrogen) atoms. The Morgan fingerprint density at radius 1 is 1.21 bits per heavy atom. The first-order valence-electron chi connectivity index (χ1n) is 9.17. The first-order chi connectivity index (χ1) is 13.8. The molecule has 0 N–H and O–H groups in total. The van der Waals surface area contributed by atoms with Crippen molar-refractivity contribution in [3.05, 3.63) is 53.8 Å². The van der Waals surface area contributed by atoms with Gasteiger partial charge in [-0.3, -0.25) is 4.79 Å². The summed E-state index contributed by atoms with van der Waals surface area (Å²) in [5.41, 5.74) is 0.658. The van der Waals surface area contributed by atoms with Crippen LogP contribution in [0.2, 0.25) is 0 Å². The summed E-state index contributed by atoms with van der Waals surface area (Å²) in [6.45, 7) is 2.01. The van der Waals surface area contributed by atoms with Crippen LogP contribution in [0.3, 0.4) is 0 Å². The Hall–Kier alpha value is -2.36. The quantitative estimate of drug-likeness (QED) is 0.570. The van der Waals surface area contributed by atoms with Gasteiger partial charge in [0, 0.05) is 18.7 Å². The number of aromatic nitrogens is 1. The van der Waals surface area contributed by atoms with Gasteiger partial charge in [-0.05, 0) is 44.0 Å². The predicted octanol–water partition coefficient (Wildman–Crippen LogP) is 3.87. The van der Waals surface area contributed by atoms with Crippen LogP contribution >= 0.6 is 11.3 Å². The number of Topliss-reactive ketones (excluding diaryl/α,β-unsaturated/α-hetero) is 1. The molecule has 3 aromatic rings. The number of para-hydroxylation sites is 1. The molecule has 0 amide bonds. The van der Waals surface area contributed by atoms with Crippen molar-refractivity contribution in [2.24, 2.45) is 0 Å². The SMILES string of the molecule is CC(=O)c1cccc(S(=O)(=O)N2CCC(Oc3nc4c(F)cccc4s3)CC2)c1. The Labute approximate surface area is 172 Å². The van der Waals surface area contributed by atoms with Crippen LogP contribution < -0.4 is 4.74 Å². The first kappa shape index (κ1) is 19.9. The molecule has 2 aromatic carbocycles. The van der Waals surface area contributed by atoms with E-state index in [9.17, 15) is 17.6 Å². The van der Waals surface area contributed by atoms with Crippen LogP contribution in [0.1, 0.15) is 30.1 Å². The summed E-state index contributed by atoms with van der Waals surface area (Å²) >= 11 is 1.28. The molecular weight excluding hydrogens is 415 g/mol. The number of piperidine rings is 1. The van der Waals surface area contributed by atoms with E-state index in [1.54, 1.807) is 24.3 Å². The number of carbonyl (C=O) groups is 1. The molecule has 6 nitrogen and oxygen atoms in total. The second-order valence-electron chi connectivity index (χ2n) is 6.87. The summed E-state index contributed by atoms with van der Waals surface area (Å²) in [6, 6.07) is 10.9. The van der Waals surface area contributed by atoms with Crippen LogP contribution in [0.5, 0.6) is 5.19 Å². The number of benzene rings is 2. The maximum absolute atomic E-state index is 13.8. The van der Waals surface area contributed by atoms with Gasteiger partial charge < -0.3 is 4.74 Å². The average molecular weight is 435 g/mol. The van der Waals surface area contributed by atoms with Gasteiger partial charge >= 0.3 is 0 Å². The minimum absolute atomic E-state index is 0.117. The molecular formula is C20H19FN2O4S2. The smallest absolute Gasteiger partial charge is 0.274 e. The van der Waals surface area contributed by atoms with Gasteiger partial charge in [-0.2, -0.15) is 9.29 Å². The number of rotatable bonds is 5. The number of carbonyl (C=O) groups excluding carboxylic acids is 1. The number of nitrogens with zero attached hydrogens (tertiary/aromatic N) is 2. The highest BCUT2D eigenvalue weighted by atomic mass is 32.2. The zero-order chi connectivity index (χ0) is 20.6. The van der Waals surface area contributed by atoms with Gasteiger partial charge in [-0.15, -0.1) is 0 Å². The van der Waals surface area contributed by atoms with Crippen LogP contribution in [0, 0.1) is 5.82 Å². The summed E-state index contributed by atoms with van der Waals surface area (Å²) in [4.78, 5) is 15.9. The minimum Gasteiger partial charge on any atom is -0.467 e. The van der Waals surface area contributed by atoms with Crippen LogP contribution in [0.25, 0.3) is 10.2 Å². The van der Waals surface area contributed by atoms with Gasteiger partial charge in [-0.25, -0.2) is 12.8 Å². The molecule has 0 unspecified atom stereocenters. The lowest BCUT2D eigenvalue weighted by Gasteiger charge is -2.30. The van der Waals surface area contributed by atoms with Gasteiger partial charge in [0.05, 0.1) is 9.60 Å². The van der Waals surface area contributed by atoms with Crippen LogP contribution in [-0.4, -0.2) is 42.7 Å². The normalized spacial score (nSPS) is 16.2. The number of hydrogen-bond acceptors (Lipinski definition) is 6. The van der Waals surface area contributed by atoms with Crippen LogP contribution in [0.15, 0.2) is 47.4 Å². The van der Waals surface area contributed by atoms with E-state index in [1.807, 2.05) is 0 Å². The van der Waals surface area contributed by atoms with E-state index >= 15 is 0 Å². The third-order valence-corrected chi connectivity index (χ3v) is 7.70. The summed E-state index contributed by atoms with van der Waals surface area (Å²) in [5, 5.41) is 0.389. The number of thiazole rings is 1. The molecule has 1 aromatic heterocycles. The Balaban J connectivity index is 1.44. The fraction of sp³-hybridized carbons (Fsp3) is 0.300. The van der Waals surface area contributed by atoms with Gasteiger partial charge in [0.1, 0.15) is 17.4 Å². The molecule has 4 rings (SSSR count). The number of halogens is 1. The van der Waals surface area contributed by atoms with Crippen LogP contribution in [-0.2, 0) is 10.0 Å². The maximum Gasteiger partial charge on any atom is 0.274 e. The lowest BCUT2D eigenvalue weighted by atomic mass is 10.1. The van der Waals surface area contributed by atoms with Crippen molar-refractivity contribution < 1.29 is 22.3 Å². The molecule has 1 fully saturated rings. The molecule has 0 radical (unpaired) electrons. The second kappa shape index (κ2) is 7.81. The Bertz CT molecular complexity index is 1170. The van der Waals surface area contributed by atoms with Crippen molar-refractivity contribution >= 4 is 37.4 Å². The largest absolute Gasteiger partial charge is 0.467 e. The van der Waals surface area contributed by atoms with Crippen molar-refractivity contribution in [3.63, 3.8) is 0 Å². The zero-order valence-corrected chi connectivity index (χ0v) is 17.3. The molecule has 1 saturated heterocycles. The lowest BCUT2D eigenvalue weighted by Crippen LogP contribution is -2.41. The van der Waals surface area contributed by atoms with Gasteiger partial charge in [0.2, 0.25) is 10.0 Å². The van der Waals surface area contributed by atoms with Crippen LogP contribution in [0.4, 0.5) is 4.39 Å². The third kappa shape index (κ3) is 4.03. The van der Waals surface area contributed by atoms with Crippen molar-refractivity contribution in [3.8, 4) is 5.19 Å². The van der Waals surface area contributed by atoms with E-state index < -0.39 is 10.0 Å². The monoisotopic (exact) mass is 434 g/mol. The summed E-state index contributed by atoms with van der Waals surface area (Å²) < 4.78 is 47.6. The van der Waals surface area contributed by atoms with Crippen molar-refractivity contribution in [2.75, 3.05) is 13.1 Å². The number of ether oxygens (including phenoxy) is 1. The van der Waals surface area contributed by atoms with E-state index in [1.165, 1.54) is 40.8 Å². The minimum atomic E-state index is -3.68. The predicted molar refractivity (Wildman–Crippen MR) is 108 cm³/mol. The summed E-state index contributed by atoms with van der Waals surface area (Å²) in [5.74, 6) is -0.566. The molecule has 152 valence electrons. The molecule has 0 spiro atoms. The number of hydrogen-bond donors (Lipinski definition) is 0. The number of ketones is 1. The Morgan fingerprint density at radius 2 is 1.93 bits per heavy atom. The molecule has 0 atom stereocenters. The fourth-order valence-electron chi connectivity index (χ4n) is 3.30. The lowest BCUT2D eigenvalue weighted by molar-refractivity contribution is 0.101. The van der Waals surface area contributed by atoms with E-state index in [2.05, 4.69) is 4.98 Å². The number of fused-ring (bicyclic) bond motifs is 1. The van der Waals surface area contributed by atoms with E-state index in [0.29, 0.717) is 41.4 Å². The highest BCUT2D eigenvalue weighted by Crippen LogP contribution is 2.31. The van der Waals surface area contributed by atoms with Crippen molar-refractivity contribution in [1.29, 1.82) is 0 Å². The maximum atomic E-state index is 13.8. The molecule has 0 aliphatic carbocycles. The molecule has 0 bridgehead atoms. The summed E-state index contributed by atoms with van der Waals surface area (Å²) in [7, 11) is -3.68. The Kier molecular flexibility index (Phi) is 5.37. The van der Waals surface area contributed by atoms with Gasteiger partial charge in [0.15, 0.2) is 5.78 Å². The molecule has 0 saturated carbocycles. The summed E-state index contributed by atoms with van der Waals surface area (Å²) in [6.07, 6.45) is 0.822. The highest BCUT2D eigenvalue weighted by Gasteiger charge is 2.31. The zero-order valence-electron chi connectivity index (χ0n) is 15.7. The average Bonchev–Trinajstić information content (AvgIpc) is 3.12. The molecule has 2 heterocycles. The topological polar surface area (TPSA) is 76.6 Å². The van der Waals surface area contributed by atoms with E-state index in [4.69, 9.17) is 4.74 Å². The first-order valence-corrected chi connectivity index (χ1v) is 11.4. The van der Waals surface area contributed by atoms with Gasteiger partial charge in [-0.1, -0.05) is 29.5 Å². The fourth-order valence-corrected chi connectivity index (χ4v) is 5.71. The third-order valence-electron chi connectivity index (χ3n) is 4.90. The van der Waals surface area contributed by atoms with Gasteiger partial charge in [0.25, 0.3) is 5.19 Å². The van der Waals surface area contributed by atoms with Crippen molar-refractivity contribution in [1.82, 2.24) is 9.29 Å². The van der Waals surface area contributed by atoms with E-state index in [-0.39, 0.29) is 28.1 Å².